The molecule has 128 valence electrons. The van der Waals surface area contributed by atoms with E-state index in [0.717, 1.165) is 41.5 Å². The molecule has 1 aliphatic carbocycles. The first kappa shape index (κ1) is 15.6. The number of aromatic nitrogens is 1. The molecule has 0 bridgehead atoms. The van der Waals surface area contributed by atoms with Gasteiger partial charge >= 0.3 is 5.63 Å². The fraction of sp³-hybridized carbons (Fsp3) is 0.316. The predicted molar refractivity (Wildman–Crippen MR) is 92.9 cm³/mol. The number of benzene rings is 1. The van der Waals surface area contributed by atoms with Crippen molar-refractivity contribution < 1.29 is 13.7 Å². The van der Waals surface area contributed by atoms with E-state index in [1.54, 1.807) is 12.1 Å². The molecule has 1 aliphatic rings. The second-order valence-electron chi connectivity index (χ2n) is 6.69. The van der Waals surface area contributed by atoms with Crippen molar-refractivity contribution in [1.82, 2.24) is 5.16 Å². The summed E-state index contributed by atoms with van der Waals surface area (Å²) in [5.41, 5.74) is 2.66. The minimum absolute atomic E-state index is 0.312. The third kappa shape index (κ3) is 2.84. The van der Waals surface area contributed by atoms with Crippen molar-refractivity contribution in [3.63, 3.8) is 0 Å². The molecule has 2 heterocycles. The molecule has 6 heteroatoms. The minimum atomic E-state index is -0.409. The van der Waals surface area contributed by atoms with Crippen LogP contribution in [0, 0.1) is 12.8 Å². The van der Waals surface area contributed by atoms with Gasteiger partial charge in [0.15, 0.2) is 5.69 Å². The van der Waals surface area contributed by atoms with Crippen LogP contribution >= 0.6 is 0 Å². The summed E-state index contributed by atoms with van der Waals surface area (Å²) in [5.74, 6) is 1.01. The monoisotopic (exact) mass is 338 g/mol. The summed E-state index contributed by atoms with van der Waals surface area (Å²) in [6.07, 6.45) is 2.66. The van der Waals surface area contributed by atoms with Gasteiger partial charge in [-0.1, -0.05) is 12.1 Å². The van der Waals surface area contributed by atoms with Crippen molar-refractivity contribution in [3.8, 4) is 0 Å². The molecule has 0 aliphatic heterocycles. The number of nitrogens with one attached hydrogen (secondary N) is 1. The lowest BCUT2D eigenvalue weighted by molar-refractivity contribution is 0.101. The van der Waals surface area contributed by atoms with Crippen molar-refractivity contribution in [2.24, 2.45) is 5.92 Å². The van der Waals surface area contributed by atoms with Crippen LogP contribution in [0.3, 0.4) is 0 Å². The predicted octanol–water partition coefficient (Wildman–Crippen LogP) is 3.47. The molecule has 0 radical (unpaired) electrons. The molecule has 0 saturated heterocycles. The lowest BCUT2D eigenvalue weighted by atomic mass is 9.88. The highest BCUT2D eigenvalue weighted by Crippen LogP contribution is 2.28. The first-order chi connectivity index (χ1) is 12.0. The Morgan fingerprint density at radius 2 is 2.16 bits per heavy atom. The zero-order valence-corrected chi connectivity index (χ0v) is 14.1. The maximum atomic E-state index is 12.6. The van der Waals surface area contributed by atoms with Crippen molar-refractivity contribution in [3.05, 3.63) is 57.3 Å². The summed E-state index contributed by atoms with van der Waals surface area (Å²) < 4.78 is 10.5. The standard InChI is InChI=1S/C19H18N2O4/c1-10-3-6-15-14(7-10)18(21-25-15)19(23)20-12-4-5-13-11(2)8-17(22)24-16(13)9-12/h4-5,8-10H,3,6-7H2,1-2H3,(H,20,23)/t10-/m0/s1. The number of nitrogens with zero attached hydrogens (tertiary/aromatic N) is 1. The van der Waals surface area contributed by atoms with Gasteiger partial charge in [0.2, 0.25) is 0 Å². The van der Waals surface area contributed by atoms with E-state index in [2.05, 4.69) is 17.4 Å². The molecule has 4 rings (SSSR count). The van der Waals surface area contributed by atoms with Crippen LogP contribution in [-0.4, -0.2) is 11.1 Å². The van der Waals surface area contributed by atoms with Crippen LogP contribution in [0.1, 0.15) is 40.7 Å². The highest BCUT2D eigenvalue weighted by Gasteiger charge is 2.27. The van der Waals surface area contributed by atoms with Gasteiger partial charge in [-0.15, -0.1) is 0 Å². The van der Waals surface area contributed by atoms with Crippen LogP contribution in [-0.2, 0) is 12.8 Å². The topological polar surface area (TPSA) is 85.3 Å². The first-order valence-electron chi connectivity index (χ1n) is 8.34. The van der Waals surface area contributed by atoms with E-state index in [-0.39, 0.29) is 5.91 Å². The van der Waals surface area contributed by atoms with E-state index in [4.69, 9.17) is 8.94 Å². The van der Waals surface area contributed by atoms with Crippen LogP contribution in [0.4, 0.5) is 5.69 Å². The molecular weight excluding hydrogens is 320 g/mol. The Morgan fingerprint density at radius 3 is 3.00 bits per heavy atom. The SMILES string of the molecule is Cc1cc(=O)oc2cc(NC(=O)c3noc4c3C[C@@H](C)CC4)ccc12. The molecule has 1 N–H and O–H groups in total. The Labute approximate surface area is 143 Å². The number of hydrogen-bond donors (Lipinski definition) is 1. The number of carbonyl (C=O) groups excluding carboxylic acids is 1. The molecule has 1 amide bonds. The van der Waals surface area contributed by atoms with Crippen LogP contribution < -0.4 is 10.9 Å². The molecular formula is C19H18N2O4. The minimum Gasteiger partial charge on any atom is -0.423 e. The number of fused-ring (bicyclic) bond motifs is 2. The fourth-order valence-corrected chi connectivity index (χ4v) is 3.35. The number of amides is 1. The molecule has 0 spiro atoms. The van der Waals surface area contributed by atoms with Gasteiger partial charge in [-0.2, -0.15) is 0 Å². The summed E-state index contributed by atoms with van der Waals surface area (Å²) in [5, 5.41) is 7.61. The molecule has 1 aromatic carbocycles. The Hall–Kier alpha value is -2.89. The van der Waals surface area contributed by atoms with Crippen molar-refractivity contribution in [2.45, 2.75) is 33.1 Å². The average molecular weight is 338 g/mol. The lowest BCUT2D eigenvalue weighted by Gasteiger charge is -2.16. The largest absolute Gasteiger partial charge is 0.423 e. The molecule has 6 nitrogen and oxygen atoms in total. The number of aryl methyl sites for hydroxylation is 2. The summed E-state index contributed by atoms with van der Waals surface area (Å²) in [4.78, 5) is 24.1. The Bertz CT molecular complexity index is 1030. The van der Waals surface area contributed by atoms with E-state index in [1.165, 1.54) is 6.07 Å². The van der Waals surface area contributed by atoms with Crippen LogP contribution in [0.25, 0.3) is 11.0 Å². The van der Waals surface area contributed by atoms with E-state index >= 15 is 0 Å². The zero-order chi connectivity index (χ0) is 17.6. The first-order valence-corrected chi connectivity index (χ1v) is 8.34. The Kier molecular flexibility index (Phi) is 3.67. The van der Waals surface area contributed by atoms with E-state index in [1.807, 2.05) is 13.0 Å². The van der Waals surface area contributed by atoms with Crippen LogP contribution in [0.5, 0.6) is 0 Å². The van der Waals surface area contributed by atoms with Crippen LogP contribution in [0.2, 0.25) is 0 Å². The van der Waals surface area contributed by atoms with Gasteiger partial charge in [0.1, 0.15) is 11.3 Å². The van der Waals surface area contributed by atoms with Crippen molar-refractivity contribution in [2.75, 3.05) is 5.32 Å². The second kappa shape index (κ2) is 5.88. The number of hydrogen-bond acceptors (Lipinski definition) is 5. The quantitative estimate of drug-likeness (QED) is 0.723. The van der Waals surface area contributed by atoms with Gasteiger partial charge in [0.25, 0.3) is 5.91 Å². The number of carbonyl (C=O) groups is 1. The Morgan fingerprint density at radius 1 is 1.32 bits per heavy atom. The molecule has 0 saturated carbocycles. The van der Waals surface area contributed by atoms with E-state index < -0.39 is 5.63 Å². The molecule has 3 aromatic rings. The van der Waals surface area contributed by atoms with Gasteiger partial charge in [-0.05, 0) is 43.4 Å². The van der Waals surface area contributed by atoms with Gasteiger partial charge in [-0.25, -0.2) is 4.79 Å². The fourth-order valence-electron chi connectivity index (χ4n) is 3.35. The van der Waals surface area contributed by atoms with Crippen molar-refractivity contribution in [1.29, 1.82) is 0 Å². The van der Waals surface area contributed by atoms with E-state index in [9.17, 15) is 9.59 Å². The molecule has 0 fully saturated rings. The molecule has 25 heavy (non-hydrogen) atoms. The Balaban J connectivity index is 1.64. The maximum Gasteiger partial charge on any atom is 0.336 e. The second-order valence-corrected chi connectivity index (χ2v) is 6.69. The lowest BCUT2D eigenvalue weighted by Crippen LogP contribution is -2.17. The summed E-state index contributed by atoms with van der Waals surface area (Å²) in [6, 6.07) is 6.70. The average Bonchev–Trinajstić information content (AvgIpc) is 2.97. The van der Waals surface area contributed by atoms with E-state index in [0.29, 0.717) is 22.9 Å². The van der Waals surface area contributed by atoms with Crippen molar-refractivity contribution >= 4 is 22.6 Å². The van der Waals surface area contributed by atoms with Gasteiger partial charge in [0.05, 0.1) is 0 Å². The normalized spacial score (nSPS) is 16.6. The molecule has 0 unspecified atom stereocenters. The van der Waals surface area contributed by atoms with Gasteiger partial charge < -0.3 is 14.3 Å². The highest BCUT2D eigenvalue weighted by atomic mass is 16.5. The zero-order valence-electron chi connectivity index (χ0n) is 14.1. The summed E-state index contributed by atoms with van der Waals surface area (Å²) in [7, 11) is 0. The number of rotatable bonds is 2. The number of anilines is 1. The summed E-state index contributed by atoms with van der Waals surface area (Å²) >= 11 is 0. The van der Waals surface area contributed by atoms with Gasteiger partial charge in [0, 0.05) is 35.2 Å². The summed E-state index contributed by atoms with van der Waals surface area (Å²) in [6.45, 7) is 4.01. The van der Waals surface area contributed by atoms with Gasteiger partial charge in [-0.3, -0.25) is 4.79 Å². The maximum absolute atomic E-state index is 12.6. The smallest absolute Gasteiger partial charge is 0.336 e. The third-order valence-corrected chi connectivity index (χ3v) is 4.71. The van der Waals surface area contributed by atoms with Crippen LogP contribution in [0.15, 0.2) is 38.0 Å². The molecule has 1 atom stereocenters. The third-order valence-electron chi connectivity index (χ3n) is 4.71. The highest BCUT2D eigenvalue weighted by molar-refractivity contribution is 6.04. The molecule has 2 aromatic heterocycles.